The van der Waals surface area contributed by atoms with Crippen molar-refractivity contribution >= 4 is 31.9 Å². The summed E-state index contributed by atoms with van der Waals surface area (Å²) in [6.07, 6.45) is 0. The maximum Gasteiger partial charge on any atom is 0.123 e. The van der Waals surface area contributed by atoms with Crippen molar-refractivity contribution in [3.8, 4) is 5.75 Å². The van der Waals surface area contributed by atoms with E-state index in [9.17, 15) is 0 Å². The summed E-state index contributed by atoms with van der Waals surface area (Å²) in [7, 11) is 0. The summed E-state index contributed by atoms with van der Waals surface area (Å²) in [6.45, 7) is 10.5. The first-order valence-corrected chi connectivity index (χ1v) is 8.41. The minimum Gasteiger partial charge on any atom is -0.491 e. The molecule has 2 nitrogen and oxygen atoms in total. The van der Waals surface area contributed by atoms with Gasteiger partial charge in [-0.1, -0.05) is 52.6 Å². The number of benzene rings is 1. The molecule has 0 heterocycles. The van der Waals surface area contributed by atoms with Gasteiger partial charge in [0.2, 0.25) is 0 Å². The van der Waals surface area contributed by atoms with Crippen LogP contribution in [0.3, 0.4) is 0 Å². The van der Waals surface area contributed by atoms with Crippen molar-refractivity contribution in [1.29, 1.82) is 0 Å². The van der Waals surface area contributed by atoms with Crippen molar-refractivity contribution in [1.82, 2.24) is 0 Å². The van der Waals surface area contributed by atoms with Crippen molar-refractivity contribution in [3.05, 3.63) is 27.7 Å². The minimum absolute atomic E-state index is 0.0499. The molecule has 1 aromatic rings. The van der Waals surface area contributed by atoms with E-state index in [0.29, 0.717) is 13.2 Å². The average Bonchev–Trinajstić information content (AvgIpc) is 2.34. The van der Waals surface area contributed by atoms with Crippen molar-refractivity contribution in [3.63, 3.8) is 0 Å². The van der Waals surface area contributed by atoms with Gasteiger partial charge in [-0.2, -0.15) is 0 Å². The second-order valence-electron chi connectivity index (χ2n) is 5.37. The Labute approximate surface area is 133 Å². The molecule has 1 aromatic carbocycles. The van der Waals surface area contributed by atoms with E-state index in [2.05, 4.69) is 64.8 Å². The molecule has 0 aliphatic rings. The fourth-order valence-corrected chi connectivity index (χ4v) is 3.08. The molecule has 108 valence electrons. The van der Waals surface area contributed by atoms with Gasteiger partial charge in [0.15, 0.2) is 0 Å². The van der Waals surface area contributed by atoms with Crippen LogP contribution >= 0.6 is 31.9 Å². The third-order valence-electron chi connectivity index (χ3n) is 2.79. The topological polar surface area (TPSA) is 18.5 Å². The predicted octanol–water partition coefficient (Wildman–Crippen LogP) is 5.06. The lowest BCUT2D eigenvalue weighted by molar-refractivity contribution is 0.109. The van der Waals surface area contributed by atoms with E-state index in [4.69, 9.17) is 9.47 Å². The number of rotatable bonds is 6. The smallest absolute Gasteiger partial charge is 0.123 e. The highest BCUT2D eigenvalue weighted by Gasteiger charge is 2.21. The fraction of sp³-hybridized carbons (Fsp3) is 0.600. The van der Waals surface area contributed by atoms with Gasteiger partial charge in [0.05, 0.1) is 6.61 Å². The molecule has 0 aliphatic carbocycles. The molecule has 19 heavy (non-hydrogen) atoms. The molecule has 0 atom stereocenters. The highest BCUT2D eigenvalue weighted by molar-refractivity contribution is 9.10. The largest absolute Gasteiger partial charge is 0.491 e. The van der Waals surface area contributed by atoms with E-state index < -0.39 is 0 Å². The van der Waals surface area contributed by atoms with Crippen LogP contribution in [0.2, 0.25) is 0 Å². The molecule has 0 N–H and O–H groups in total. The molecule has 0 saturated heterocycles. The lowest BCUT2D eigenvalue weighted by Gasteiger charge is -2.24. The van der Waals surface area contributed by atoms with Crippen LogP contribution in [0.25, 0.3) is 0 Å². The molecular weight excluding hydrogens is 372 g/mol. The van der Waals surface area contributed by atoms with Crippen LogP contribution < -0.4 is 4.74 Å². The van der Waals surface area contributed by atoms with Crippen LogP contribution in [0.15, 0.2) is 16.6 Å². The van der Waals surface area contributed by atoms with Crippen molar-refractivity contribution in [2.45, 2.75) is 38.4 Å². The van der Waals surface area contributed by atoms with Gasteiger partial charge in [0, 0.05) is 22.0 Å². The Morgan fingerprint density at radius 1 is 1.16 bits per heavy atom. The molecule has 0 aliphatic heterocycles. The maximum atomic E-state index is 5.90. The van der Waals surface area contributed by atoms with Crippen LogP contribution in [-0.4, -0.2) is 19.8 Å². The summed E-state index contributed by atoms with van der Waals surface area (Å²) < 4.78 is 12.3. The van der Waals surface area contributed by atoms with E-state index >= 15 is 0 Å². The Bertz CT molecular complexity index is 411. The van der Waals surface area contributed by atoms with E-state index in [1.54, 1.807) is 0 Å². The normalized spacial score (nSPS) is 11.7. The molecule has 0 unspecified atom stereocenters. The summed E-state index contributed by atoms with van der Waals surface area (Å²) in [6, 6.07) is 4.26. The molecule has 0 aromatic heterocycles. The first-order chi connectivity index (χ1) is 8.90. The Balaban J connectivity index is 2.97. The van der Waals surface area contributed by atoms with Crippen LogP contribution in [-0.2, 0) is 15.5 Å². The standard InChI is InChI=1S/C15H22Br2O2/c1-5-18-6-7-19-14-8-11(10-16)13(17)9-12(14)15(2,3)4/h8-9H,5-7,10H2,1-4H3. The number of hydrogen-bond acceptors (Lipinski definition) is 2. The highest BCUT2D eigenvalue weighted by Crippen LogP contribution is 2.36. The second-order valence-corrected chi connectivity index (χ2v) is 6.78. The molecule has 0 spiro atoms. The van der Waals surface area contributed by atoms with Gasteiger partial charge in [-0.15, -0.1) is 0 Å². The predicted molar refractivity (Wildman–Crippen MR) is 87.5 cm³/mol. The van der Waals surface area contributed by atoms with Gasteiger partial charge < -0.3 is 9.47 Å². The molecule has 0 saturated carbocycles. The zero-order valence-corrected chi connectivity index (χ0v) is 15.2. The van der Waals surface area contributed by atoms with Crippen molar-refractivity contribution < 1.29 is 9.47 Å². The lowest BCUT2D eigenvalue weighted by atomic mass is 9.86. The van der Waals surface area contributed by atoms with Crippen molar-refractivity contribution in [2.75, 3.05) is 19.8 Å². The summed E-state index contributed by atoms with van der Waals surface area (Å²) in [4.78, 5) is 0. The number of hydrogen-bond donors (Lipinski definition) is 0. The highest BCUT2D eigenvalue weighted by atomic mass is 79.9. The van der Waals surface area contributed by atoms with Gasteiger partial charge in [0.1, 0.15) is 12.4 Å². The Morgan fingerprint density at radius 2 is 1.84 bits per heavy atom. The average molecular weight is 394 g/mol. The molecule has 0 radical (unpaired) electrons. The van der Waals surface area contributed by atoms with Crippen LogP contribution in [0.4, 0.5) is 0 Å². The van der Waals surface area contributed by atoms with Gasteiger partial charge in [-0.05, 0) is 30.0 Å². The summed E-state index contributed by atoms with van der Waals surface area (Å²) in [5.41, 5.74) is 2.45. The number of halogens is 2. The zero-order chi connectivity index (χ0) is 14.5. The monoisotopic (exact) mass is 392 g/mol. The summed E-state index contributed by atoms with van der Waals surface area (Å²) in [5, 5.41) is 0.805. The Kier molecular flexibility index (Phi) is 6.84. The van der Waals surface area contributed by atoms with Gasteiger partial charge in [-0.25, -0.2) is 0 Å². The third-order valence-corrected chi connectivity index (χ3v) is 4.13. The molecule has 0 fully saturated rings. The first kappa shape index (κ1) is 17.0. The van der Waals surface area contributed by atoms with Crippen LogP contribution in [0, 0.1) is 0 Å². The second kappa shape index (κ2) is 7.65. The van der Waals surface area contributed by atoms with Crippen LogP contribution in [0.5, 0.6) is 5.75 Å². The Hall–Kier alpha value is -0.0600. The van der Waals surface area contributed by atoms with E-state index in [-0.39, 0.29) is 5.41 Å². The molecule has 1 rings (SSSR count). The lowest BCUT2D eigenvalue weighted by Crippen LogP contribution is -2.15. The first-order valence-electron chi connectivity index (χ1n) is 6.49. The van der Waals surface area contributed by atoms with E-state index in [0.717, 1.165) is 22.2 Å². The molecule has 0 amide bonds. The number of ether oxygens (including phenoxy) is 2. The molecule has 4 heteroatoms. The van der Waals surface area contributed by atoms with E-state index in [1.165, 1.54) is 11.1 Å². The summed E-state index contributed by atoms with van der Waals surface area (Å²) in [5.74, 6) is 0.949. The van der Waals surface area contributed by atoms with Gasteiger partial charge in [-0.3, -0.25) is 0 Å². The third kappa shape index (κ3) is 5.09. The maximum absolute atomic E-state index is 5.90. The number of alkyl halides is 1. The fourth-order valence-electron chi connectivity index (χ4n) is 1.76. The molecule has 0 bridgehead atoms. The van der Waals surface area contributed by atoms with E-state index in [1.807, 2.05) is 6.92 Å². The zero-order valence-electron chi connectivity index (χ0n) is 12.1. The quantitative estimate of drug-likeness (QED) is 0.496. The Morgan fingerprint density at radius 3 is 2.37 bits per heavy atom. The van der Waals surface area contributed by atoms with Gasteiger partial charge in [0.25, 0.3) is 0 Å². The SMILES string of the molecule is CCOCCOc1cc(CBr)c(Br)cc1C(C)(C)C. The molecular formula is C15H22Br2O2. The van der Waals surface area contributed by atoms with Crippen molar-refractivity contribution in [2.24, 2.45) is 0 Å². The van der Waals surface area contributed by atoms with Crippen LogP contribution in [0.1, 0.15) is 38.8 Å². The summed E-state index contributed by atoms with van der Waals surface area (Å²) >= 11 is 7.12. The minimum atomic E-state index is 0.0499. The van der Waals surface area contributed by atoms with Gasteiger partial charge >= 0.3 is 0 Å².